The number of aromatic nitrogens is 8. The Kier molecular flexibility index (Phi) is 20.3. The third-order valence-corrected chi connectivity index (χ3v) is 8.80. The van der Waals surface area contributed by atoms with Crippen molar-refractivity contribution in [1.29, 1.82) is 0 Å². The Hall–Kier alpha value is -0.400. The first-order valence-corrected chi connectivity index (χ1v) is 18.3. The second-order valence-corrected chi connectivity index (χ2v) is 15.3. The number of hydrogen-bond donors (Lipinski definition) is 4. The lowest BCUT2D eigenvalue weighted by Gasteiger charge is -2.14. The molecule has 1 aliphatic rings. The van der Waals surface area contributed by atoms with E-state index in [1.54, 1.807) is 59.6 Å². The summed E-state index contributed by atoms with van der Waals surface area (Å²) in [4.78, 5) is 0. The molecule has 44 heavy (non-hydrogen) atoms. The molecule has 5 rings (SSSR count). The van der Waals surface area contributed by atoms with Crippen molar-refractivity contribution < 1.29 is 20.1 Å². The standard InChI is InChI=1S/3C7H11IN2O.C4H8O.C3H3IN2/c3*1-5(6(2)11)10-4-7(8)3-9-10;1-3-4(2)5-3;4-3-1-5-6-2-3/h3*3-6,11H,1-2H3;3-4H,1-2H3;1-2H,(H,5,6)/t2*5-,6+;;;/m10.../s1. The van der Waals surface area contributed by atoms with Gasteiger partial charge in [0.15, 0.2) is 0 Å². The van der Waals surface area contributed by atoms with Crippen molar-refractivity contribution in [2.45, 2.75) is 104 Å². The lowest BCUT2D eigenvalue weighted by Crippen LogP contribution is -2.18. The molecule has 0 aliphatic carbocycles. The summed E-state index contributed by atoms with van der Waals surface area (Å²) in [7, 11) is 0. The number of nitrogens with one attached hydrogen (secondary N) is 1. The van der Waals surface area contributed by atoms with Gasteiger partial charge < -0.3 is 20.1 Å². The molecule has 0 aromatic carbocycles. The molecule has 5 heterocycles. The maximum absolute atomic E-state index is 9.22. The van der Waals surface area contributed by atoms with Gasteiger partial charge in [0.2, 0.25) is 0 Å². The third kappa shape index (κ3) is 17.0. The number of nitrogens with zero attached hydrogens (tertiary/aromatic N) is 7. The Balaban J connectivity index is 0.000000283. The van der Waals surface area contributed by atoms with E-state index in [1.165, 1.54) is 0 Å². The predicted molar refractivity (Wildman–Crippen MR) is 205 cm³/mol. The number of aliphatic hydroxyl groups is 3. The van der Waals surface area contributed by atoms with Gasteiger partial charge in [0.05, 0.1) is 87.7 Å². The second-order valence-electron chi connectivity index (χ2n) is 10.3. The average Bonchev–Trinajstić information content (AvgIpc) is 3.57. The summed E-state index contributed by atoms with van der Waals surface area (Å²) in [5, 5.41) is 46.3. The summed E-state index contributed by atoms with van der Waals surface area (Å²) in [5.41, 5.74) is 0. The molecule has 0 spiro atoms. The van der Waals surface area contributed by atoms with Gasteiger partial charge in [-0.3, -0.25) is 19.1 Å². The molecular weight excluding hydrogens is 1020 g/mol. The molecule has 0 amide bonds. The minimum Gasteiger partial charge on any atom is -0.391 e. The van der Waals surface area contributed by atoms with Crippen LogP contribution in [-0.4, -0.2) is 85.4 Å². The zero-order valence-corrected chi connectivity index (χ0v) is 34.8. The molecule has 1 aliphatic heterocycles. The van der Waals surface area contributed by atoms with E-state index in [0.29, 0.717) is 12.2 Å². The third-order valence-electron chi connectivity index (χ3n) is 6.53. The molecule has 12 nitrogen and oxygen atoms in total. The Labute approximate surface area is 314 Å². The largest absolute Gasteiger partial charge is 0.391 e. The molecular formula is C28H44I4N8O4. The lowest BCUT2D eigenvalue weighted by atomic mass is 10.2. The molecule has 0 radical (unpaired) electrons. The summed E-state index contributed by atoms with van der Waals surface area (Å²) >= 11 is 8.76. The van der Waals surface area contributed by atoms with Gasteiger partial charge in [-0.2, -0.15) is 20.4 Å². The van der Waals surface area contributed by atoms with Crippen LogP contribution >= 0.6 is 90.4 Å². The molecule has 8 atom stereocenters. The average molecular weight is 1060 g/mol. The number of halogens is 4. The van der Waals surface area contributed by atoms with E-state index in [0.717, 1.165) is 14.3 Å². The smallest absolute Gasteiger partial charge is 0.0811 e. The van der Waals surface area contributed by atoms with Crippen LogP contribution in [-0.2, 0) is 4.74 Å². The normalized spacial score (nSPS) is 19.1. The Morgan fingerprint density at radius 2 is 0.909 bits per heavy atom. The molecule has 0 bridgehead atoms. The molecule has 4 N–H and O–H groups in total. The van der Waals surface area contributed by atoms with Crippen molar-refractivity contribution >= 4 is 90.4 Å². The zero-order valence-electron chi connectivity index (χ0n) is 26.1. The number of rotatable bonds is 6. The van der Waals surface area contributed by atoms with Crippen molar-refractivity contribution in [2.75, 3.05) is 0 Å². The van der Waals surface area contributed by atoms with Crippen LogP contribution in [0.15, 0.2) is 49.6 Å². The maximum Gasteiger partial charge on any atom is 0.0811 e. The zero-order chi connectivity index (χ0) is 33.6. The fourth-order valence-corrected chi connectivity index (χ4v) is 4.31. The van der Waals surface area contributed by atoms with E-state index in [-0.39, 0.29) is 36.4 Å². The number of aromatic amines is 1. The molecule has 248 valence electrons. The lowest BCUT2D eigenvalue weighted by molar-refractivity contribution is 0.132. The van der Waals surface area contributed by atoms with Crippen molar-refractivity contribution in [3.8, 4) is 0 Å². The highest BCUT2D eigenvalue weighted by atomic mass is 127. The summed E-state index contributed by atoms with van der Waals surface area (Å²) in [5.74, 6) is 0. The topological polar surface area (TPSA) is 155 Å². The predicted octanol–water partition coefficient (Wildman–Crippen LogP) is 6.10. The fraction of sp³-hybridized carbons (Fsp3) is 0.571. The molecule has 0 saturated carbocycles. The highest BCUT2D eigenvalue weighted by Gasteiger charge is 2.27. The Morgan fingerprint density at radius 1 is 0.614 bits per heavy atom. The van der Waals surface area contributed by atoms with Crippen LogP contribution in [0.4, 0.5) is 0 Å². The van der Waals surface area contributed by atoms with Crippen LogP contribution in [0.1, 0.15) is 73.5 Å². The van der Waals surface area contributed by atoms with Crippen molar-refractivity contribution in [3.05, 3.63) is 63.9 Å². The second kappa shape index (κ2) is 21.5. The van der Waals surface area contributed by atoms with Crippen LogP contribution < -0.4 is 0 Å². The molecule has 4 unspecified atom stereocenters. The van der Waals surface area contributed by atoms with Gasteiger partial charge >= 0.3 is 0 Å². The van der Waals surface area contributed by atoms with Gasteiger partial charge in [0.1, 0.15) is 0 Å². The maximum atomic E-state index is 9.22. The first-order chi connectivity index (χ1) is 20.5. The number of aliphatic hydroxyl groups excluding tert-OH is 3. The van der Waals surface area contributed by atoms with Crippen LogP contribution in [0.25, 0.3) is 0 Å². The summed E-state index contributed by atoms with van der Waals surface area (Å²) in [6.45, 7) is 15.3. The van der Waals surface area contributed by atoms with Gasteiger partial charge in [-0.1, -0.05) is 0 Å². The number of hydrogen-bond acceptors (Lipinski definition) is 8. The van der Waals surface area contributed by atoms with Gasteiger partial charge in [-0.05, 0) is 146 Å². The van der Waals surface area contributed by atoms with Crippen LogP contribution in [0.2, 0.25) is 0 Å². The molecule has 1 saturated heterocycles. The van der Waals surface area contributed by atoms with Crippen LogP contribution in [0.3, 0.4) is 0 Å². The Bertz CT molecular complexity index is 1170. The van der Waals surface area contributed by atoms with E-state index in [1.807, 2.05) is 45.6 Å². The molecule has 4 aromatic rings. The number of ether oxygens (including phenoxy) is 1. The van der Waals surface area contributed by atoms with Gasteiger partial charge in [0, 0.05) is 24.8 Å². The first kappa shape index (κ1) is 41.6. The minimum atomic E-state index is -0.356. The minimum absolute atomic E-state index is 0.0542. The molecule has 16 heteroatoms. The van der Waals surface area contributed by atoms with E-state index in [4.69, 9.17) is 4.74 Å². The summed E-state index contributed by atoms with van der Waals surface area (Å²) in [6.07, 6.45) is 14.7. The van der Waals surface area contributed by atoms with Gasteiger partial charge in [-0.15, -0.1) is 0 Å². The summed E-state index contributed by atoms with van der Waals surface area (Å²) in [6, 6.07) is 0.163. The molecule has 1 fully saturated rings. The van der Waals surface area contributed by atoms with Crippen molar-refractivity contribution in [2.24, 2.45) is 0 Å². The summed E-state index contributed by atoms with van der Waals surface area (Å²) < 4.78 is 14.7. The highest BCUT2D eigenvalue weighted by Crippen LogP contribution is 2.18. The SMILES string of the molecule is CC(O)C(C)n1cc(I)cn1.CC1OC1C.C[C@@H](O)[C@H](C)n1cc(I)cn1.C[C@H](O)[C@@H](C)n1cc(I)cn1.Ic1cn[nH]c1. The van der Waals surface area contributed by atoms with Crippen LogP contribution in [0.5, 0.6) is 0 Å². The fourth-order valence-electron chi connectivity index (χ4n) is 2.80. The quantitative estimate of drug-likeness (QED) is 0.134. The Morgan fingerprint density at radius 3 is 1.02 bits per heavy atom. The van der Waals surface area contributed by atoms with E-state index in [9.17, 15) is 15.3 Å². The number of H-pyrrole nitrogens is 1. The monoisotopic (exact) mass is 1060 g/mol. The van der Waals surface area contributed by atoms with Crippen molar-refractivity contribution in [1.82, 2.24) is 39.5 Å². The van der Waals surface area contributed by atoms with Crippen LogP contribution in [0, 0.1) is 14.3 Å². The van der Waals surface area contributed by atoms with Gasteiger partial charge in [-0.25, -0.2) is 0 Å². The molecule has 4 aromatic heterocycles. The highest BCUT2D eigenvalue weighted by molar-refractivity contribution is 14.1. The van der Waals surface area contributed by atoms with E-state index >= 15 is 0 Å². The number of epoxide rings is 1. The van der Waals surface area contributed by atoms with Gasteiger partial charge in [0.25, 0.3) is 0 Å². The first-order valence-electron chi connectivity index (χ1n) is 14.0. The van der Waals surface area contributed by atoms with E-state index < -0.39 is 0 Å². The van der Waals surface area contributed by atoms with Crippen molar-refractivity contribution in [3.63, 3.8) is 0 Å². The van der Waals surface area contributed by atoms with E-state index in [2.05, 4.69) is 130 Å².